The van der Waals surface area contributed by atoms with Crippen molar-refractivity contribution in [3.8, 4) is 0 Å². The van der Waals surface area contributed by atoms with Crippen LogP contribution in [0, 0.1) is 6.92 Å². The number of unbranched alkanes of at least 4 members (excludes halogenated alkanes) is 1. The molecular formula is C24H32N2O2S. The van der Waals surface area contributed by atoms with Gasteiger partial charge in [-0.1, -0.05) is 50.1 Å². The van der Waals surface area contributed by atoms with Crippen LogP contribution in [0.25, 0.3) is 0 Å². The summed E-state index contributed by atoms with van der Waals surface area (Å²) in [5.74, 6) is 0.141. The number of amides is 2. The van der Waals surface area contributed by atoms with Crippen molar-refractivity contribution in [1.82, 2.24) is 9.80 Å². The van der Waals surface area contributed by atoms with Crippen LogP contribution in [0.15, 0.2) is 35.7 Å². The Morgan fingerprint density at radius 1 is 1.14 bits per heavy atom. The van der Waals surface area contributed by atoms with Gasteiger partial charge in [-0.3, -0.25) is 9.59 Å². The van der Waals surface area contributed by atoms with E-state index < -0.39 is 0 Å². The Balaban J connectivity index is 1.85. The van der Waals surface area contributed by atoms with Crippen LogP contribution in [0.5, 0.6) is 0 Å². The summed E-state index contributed by atoms with van der Waals surface area (Å²) < 4.78 is 0. The van der Waals surface area contributed by atoms with Crippen molar-refractivity contribution < 1.29 is 9.59 Å². The topological polar surface area (TPSA) is 40.6 Å². The van der Waals surface area contributed by atoms with Gasteiger partial charge in [0.25, 0.3) is 0 Å². The molecule has 0 fully saturated rings. The van der Waals surface area contributed by atoms with Crippen molar-refractivity contribution in [1.29, 1.82) is 0 Å². The Kier molecular flexibility index (Phi) is 7.48. The summed E-state index contributed by atoms with van der Waals surface area (Å²) in [6.07, 6.45) is 4.15. The lowest BCUT2D eigenvalue weighted by Gasteiger charge is -2.37. The first kappa shape index (κ1) is 21.6. The lowest BCUT2D eigenvalue weighted by Crippen LogP contribution is -2.47. The van der Waals surface area contributed by atoms with Crippen molar-refractivity contribution >= 4 is 23.2 Å². The number of hydrogen-bond acceptors (Lipinski definition) is 3. The highest BCUT2D eigenvalue weighted by atomic mass is 32.1. The second-order valence-electron chi connectivity index (χ2n) is 7.87. The maximum Gasteiger partial charge on any atom is 0.242 e. The number of benzene rings is 1. The van der Waals surface area contributed by atoms with E-state index in [2.05, 4.69) is 49.6 Å². The normalized spacial score (nSPS) is 15.8. The number of fused-ring (bicyclic) bond motifs is 1. The minimum Gasteiger partial charge on any atom is -0.333 e. The zero-order valence-electron chi connectivity index (χ0n) is 17.8. The number of thiophene rings is 1. The third-order valence-electron chi connectivity index (χ3n) is 5.60. The van der Waals surface area contributed by atoms with E-state index in [1.165, 1.54) is 16.0 Å². The van der Waals surface area contributed by atoms with Crippen molar-refractivity contribution in [2.75, 3.05) is 19.6 Å². The summed E-state index contributed by atoms with van der Waals surface area (Å²) in [6, 6.07) is 10.6. The minimum atomic E-state index is -0.0626. The Morgan fingerprint density at radius 3 is 2.59 bits per heavy atom. The smallest absolute Gasteiger partial charge is 0.242 e. The van der Waals surface area contributed by atoms with Gasteiger partial charge in [-0.25, -0.2) is 0 Å². The molecule has 3 rings (SSSR count). The molecule has 2 aromatic rings. The minimum absolute atomic E-state index is 0.0491. The quantitative estimate of drug-likeness (QED) is 0.615. The largest absolute Gasteiger partial charge is 0.333 e. The summed E-state index contributed by atoms with van der Waals surface area (Å²) in [5.41, 5.74) is 3.59. The van der Waals surface area contributed by atoms with Gasteiger partial charge in [0, 0.05) is 24.4 Å². The second kappa shape index (κ2) is 10.1. The first-order valence-electron chi connectivity index (χ1n) is 10.7. The molecular weight excluding hydrogens is 380 g/mol. The number of carbonyl (C=O) groups is 2. The van der Waals surface area contributed by atoms with Crippen molar-refractivity contribution in [2.45, 2.75) is 58.9 Å². The summed E-state index contributed by atoms with van der Waals surface area (Å²) in [4.78, 5) is 31.1. The Hall–Kier alpha value is -2.14. The van der Waals surface area contributed by atoms with E-state index in [0.29, 0.717) is 19.5 Å². The van der Waals surface area contributed by atoms with Crippen LogP contribution >= 0.6 is 11.3 Å². The molecule has 1 aromatic carbocycles. The van der Waals surface area contributed by atoms with Crippen molar-refractivity contribution in [3.63, 3.8) is 0 Å². The SMILES string of the molecule is CCCCN(CC(=O)N1CCc2sccc2C1c1ccc(C)cc1)C(=O)CCC. The van der Waals surface area contributed by atoms with Crippen LogP contribution < -0.4 is 0 Å². The van der Waals surface area contributed by atoms with E-state index in [1.807, 2.05) is 11.8 Å². The van der Waals surface area contributed by atoms with Gasteiger partial charge in [-0.15, -0.1) is 11.3 Å². The molecule has 4 nitrogen and oxygen atoms in total. The lowest BCUT2D eigenvalue weighted by atomic mass is 9.92. The highest BCUT2D eigenvalue weighted by Gasteiger charge is 2.33. The fourth-order valence-electron chi connectivity index (χ4n) is 3.96. The molecule has 1 aromatic heterocycles. The molecule has 0 saturated heterocycles. The first-order valence-corrected chi connectivity index (χ1v) is 11.6. The number of hydrogen-bond donors (Lipinski definition) is 0. The fourth-order valence-corrected chi connectivity index (χ4v) is 4.86. The average molecular weight is 413 g/mol. The molecule has 1 atom stereocenters. The molecule has 0 spiro atoms. The molecule has 0 bridgehead atoms. The van der Waals surface area contributed by atoms with Gasteiger partial charge in [0.1, 0.15) is 0 Å². The maximum absolute atomic E-state index is 13.4. The molecule has 2 amide bonds. The molecule has 0 saturated carbocycles. The average Bonchev–Trinajstić information content (AvgIpc) is 3.20. The van der Waals surface area contributed by atoms with Crippen LogP contribution in [0.4, 0.5) is 0 Å². The number of nitrogens with zero attached hydrogens (tertiary/aromatic N) is 2. The predicted molar refractivity (Wildman–Crippen MR) is 119 cm³/mol. The zero-order chi connectivity index (χ0) is 20.8. The number of rotatable bonds is 8. The first-order chi connectivity index (χ1) is 14.0. The van der Waals surface area contributed by atoms with Gasteiger partial charge in [0.15, 0.2) is 0 Å². The van der Waals surface area contributed by atoms with Crippen LogP contribution in [0.1, 0.15) is 67.1 Å². The van der Waals surface area contributed by atoms with E-state index in [0.717, 1.165) is 31.2 Å². The van der Waals surface area contributed by atoms with Gasteiger partial charge in [0.05, 0.1) is 12.6 Å². The molecule has 0 N–H and O–H groups in total. The van der Waals surface area contributed by atoms with E-state index in [4.69, 9.17) is 0 Å². The summed E-state index contributed by atoms with van der Waals surface area (Å²) in [7, 11) is 0. The van der Waals surface area contributed by atoms with Crippen LogP contribution in [0.2, 0.25) is 0 Å². The van der Waals surface area contributed by atoms with Gasteiger partial charge in [-0.2, -0.15) is 0 Å². The van der Waals surface area contributed by atoms with E-state index in [-0.39, 0.29) is 24.4 Å². The monoisotopic (exact) mass is 412 g/mol. The number of aryl methyl sites for hydroxylation is 1. The highest BCUT2D eigenvalue weighted by molar-refractivity contribution is 7.10. The van der Waals surface area contributed by atoms with Crippen LogP contribution in [0.3, 0.4) is 0 Å². The molecule has 5 heteroatoms. The van der Waals surface area contributed by atoms with Crippen molar-refractivity contribution in [2.24, 2.45) is 0 Å². The standard InChI is InChI=1S/C24H32N2O2S/c1-4-6-14-25(22(27)7-5-2)17-23(28)26-15-12-21-20(13-16-29-21)24(26)19-10-8-18(3)9-11-19/h8-11,13,16,24H,4-7,12,14-15,17H2,1-3H3. The summed E-state index contributed by atoms with van der Waals surface area (Å²) in [6.45, 7) is 7.74. The summed E-state index contributed by atoms with van der Waals surface area (Å²) >= 11 is 1.77. The maximum atomic E-state index is 13.4. The fraction of sp³-hybridized carbons (Fsp3) is 0.500. The molecule has 1 aliphatic heterocycles. The predicted octanol–water partition coefficient (Wildman–Crippen LogP) is 4.96. The van der Waals surface area contributed by atoms with Gasteiger partial charge < -0.3 is 9.80 Å². The second-order valence-corrected chi connectivity index (χ2v) is 8.87. The Labute approximate surface area is 178 Å². The molecule has 29 heavy (non-hydrogen) atoms. The van der Waals surface area contributed by atoms with E-state index in [1.54, 1.807) is 16.2 Å². The molecule has 1 aliphatic rings. The van der Waals surface area contributed by atoms with Crippen LogP contribution in [-0.4, -0.2) is 41.2 Å². The van der Waals surface area contributed by atoms with E-state index in [9.17, 15) is 9.59 Å². The zero-order valence-corrected chi connectivity index (χ0v) is 18.6. The van der Waals surface area contributed by atoms with Crippen molar-refractivity contribution in [3.05, 3.63) is 57.3 Å². The Morgan fingerprint density at radius 2 is 1.90 bits per heavy atom. The van der Waals surface area contributed by atoms with Gasteiger partial charge in [0.2, 0.25) is 11.8 Å². The molecule has 1 unspecified atom stereocenters. The molecule has 156 valence electrons. The molecule has 0 aliphatic carbocycles. The van der Waals surface area contributed by atoms with E-state index >= 15 is 0 Å². The molecule has 2 heterocycles. The van der Waals surface area contributed by atoms with Gasteiger partial charge in [-0.05, 0) is 48.8 Å². The Bertz CT molecular complexity index is 828. The third kappa shape index (κ3) is 5.08. The van der Waals surface area contributed by atoms with Crippen LogP contribution in [-0.2, 0) is 16.0 Å². The summed E-state index contributed by atoms with van der Waals surface area (Å²) in [5, 5.41) is 2.12. The number of carbonyl (C=O) groups excluding carboxylic acids is 2. The highest BCUT2D eigenvalue weighted by Crippen LogP contribution is 2.38. The molecule has 0 radical (unpaired) electrons. The lowest BCUT2D eigenvalue weighted by molar-refractivity contribution is -0.141. The third-order valence-corrected chi connectivity index (χ3v) is 6.60. The van der Waals surface area contributed by atoms with Gasteiger partial charge >= 0.3 is 0 Å².